The summed E-state index contributed by atoms with van der Waals surface area (Å²) >= 11 is 0. The number of amides is 1. The van der Waals surface area contributed by atoms with Gasteiger partial charge in [-0.05, 0) is 44.5 Å². The fourth-order valence-electron chi connectivity index (χ4n) is 2.05. The third kappa shape index (κ3) is 3.25. The molecule has 0 saturated heterocycles. The molecule has 1 heterocycles. The van der Waals surface area contributed by atoms with Gasteiger partial charge in [0.25, 0.3) is 5.91 Å². The molecule has 0 atom stereocenters. The van der Waals surface area contributed by atoms with Gasteiger partial charge in [-0.15, -0.1) is 0 Å². The van der Waals surface area contributed by atoms with Crippen LogP contribution in [0.4, 0.5) is 5.69 Å². The van der Waals surface area contributed by atoms with Crippen molar-refractivity contribution in [3.8, 4) is 0 Å². The van der Waals surface area contributed by atoms with Crippen LogP contribution in [0.25, 0.3) is 0 Å². The number of carbonyl (C=O) groups excluding carboxylic acids is 1. The first-order chi connectivity index (χ1) is 9.88. The molecule has 2 rings (SSSR count). The summed E-state index contributed by atoms with van der Waals surface area (Å²) in [6, 6.07) is 8.52. The fraction of sp³-hybridized carbons (Fsp3) is 0.188. The van der Waals surface area contributed by atoms with Crippen molar-refractivity contribution in [2.45, 2.75) is 20.8 Å². The van der Waals surface area contributed by atoms with Crippen LogP contribution in [0.1, 0.15) is 37.7 Å². The van der Waals surface area contributed by atoms with Gasteiger partial charge in [-0.25, -0.2) is 9.78 Å². The number of anilines is 1. The average molecular weight is 284 g/mol. The summed E-state index contributed by atoms with van der Waals surface area (Å²) in [5.41, 5.74) is 3.39. The van der Waals surface area contributed by atoms with Crippen molar-refractivity contribution < 1.29 is 14.7 Å². The third-order valence-electron chi connectivity index (χ3n) is 3.18. The molecule has 0 saturated carbocycles. The largest absolute Gasteiger partial charge is 0.478 e. The van der Waals surface area contributed by atoms with Crippen LogP contribution >= 0.6 is 0 Å². The van der Waals surface area contributed by atoms with Gasteiger partial charge in [-0.2, -0.15) is 0 Å². The molecule has 0 unspecified atom stereocenters. The Balaban J connectivity index is 2.24. The quantitative estimate of drug-likeness (QED) is 0.908. The number of nitrogens with zero attached hydrogens (tertiary/aromatic N) is 1. The minimum absolute atomic E-state index is 0.0954. The summed E-state index contributed by atoms with van der Waals surface area (Å²) in [7, 11) is 0. The molecule has 0 fully saturated rings. The first-order valence-electron chi connectivity index (χ1n) is 6.48. The van der Waals surface area contributed by atoms with Crippen molar-refractivity contribution in [3.05, 3.63) is 58.4 Å². The Labute approximate surface area is 122 Å². The number of rotatable bonds is 3. The molecule has 0 radical (unpaired) electrons. The zero-order valence-corrected chi connectivity index (χ0v) is 12.1. The van der Waals surface area contributed by atoms with Crippen molar-refractivity contribution in [2.24, 2.45) is 0 Å². The van der Waals surface area contributed by atoms with E-state index in [0.717, 1.165) is 11.1 Å². The SMILES string of the molecule is Cc1ccc(NC(=O)c2ccc(C(=O)O)c(C)n2)c(C)c1. The lowest BCUT2D eigenvalue weighted by atomic mass is 10.1. The Hall–Kier alpha value is -2.69. The Kier molecular flexibility index (Phi) is 4.03. The molecule has 0 aliphatic carbocycles. The lowest BCUT2D eigenvalue weighted by Gasteiger charge is -2.09. The first-order valence-corrected chi connectivity index (χ1v) is 6.48. The normalized spacial score (nSPS) is 10.2. The van der Waals surface area contributed by atoms with E-state index in [4.69, 9.17) is 5.11 Å². The minimum Gasteiger partial charge on any atom is -0.478 e. The van der Waals surface area contributed by atoms with Crippen LogP contribution in [-0.4, -0.2) is 22.0 Å². The lowest BCUT2D eigenvalue weighted by molar-refractivity contribution is 0.0695. The second kappa shape index (κ2) is 5.75. The van der Waals surface area contributed by atoms with Crippen LogP contribution in [-0.2, 0) is 0 Å². The number of pyridine rings is 1. The Morgan fingerprint density at radius 1 is 1.10 bits per heavy atom. The number of aryl methyl sites for hydroxylation is 3. The van der Waals surface area contributed by atoms with Crippen molar-refractivity contribution >= 4 is 17.6 Å². The highest BCUT2D eigenvalue weighted by Crippen LogP contribution is 2.17. The molecule has 1 aromatic carbocycles. The Bertz CT molecular complexity index is 723. The van der Waals surface area contributed by atoms with Crippen molar-refractivity contribution in [1.29, 1.82) is 0 Å². The number of hydrogen-bond acceptors (Lipinski definition) is 3. The van der Waals surface area contributed by atoms with Gasteiger partial charge >= 0.3 is 5.97 Å². The number of carbonyl (C=O) groups is 2. The number of aromatic carboxylic acids is 1. The van der Waals surface area contributed by atoms with Crippen molar-refractivity contribution in [1.82, 2.24) is 4.98 Å². The van der Waals surface area contributed by atoms with Gasteiger partial charge in [-0.3, -0.25) is 4.79 Å². The standard InChI is InChI=1S/C16H16N2O3/c1-9-4-6-13(10(2)8-9)18-15(19)14-7-5-12(16(20)21)11(3)17-14/h4-8H,1-3H3,(H,18,19)(H,20,21). The van der Waals surface area contributed by atoms with E-state index in [0.29, 0.717) is 11.4 Å². The molecule has 2 aromatic rings. The molecule has 1 aromatic heterocycles. The molecule has 0 bridgehead atoms. The molecular weight excluding hydrogens is 268 g/mol. The van der Waals surface area contributed by atoms with Gasteiger partial charge in [0.15, 0.2) is 0 Å². The number of carboxylic acids is 1. The summed E-state index contributed by atoms with van der Waals surface area (Å²) in [5.74, 6) is -1.41. The lowest BCUT2D eigenvalue weighted by Crippen LogP contribution is -2.16. The van der Waals surface area contributed by atoms with Crippen molar-refractivity contribution in [3.63, 3.8) is 0 Å². The molecular formula is C16H16N2O3. The van der Waals surface area contributed by atoms with Gasteiger partial charge in [0.1, 0.15) is 5.69 Å². The number of carboxylic acid groups (broad SMARTS) is 1. The van der Waals surface area contributed by atoms with Gasteiger partial charge in [0.05, 0.1) is 11.3 Å². The summed E-state index contributed by atoms with van der Waals surface area (Å²) in [6.07, 6.45) is 0. The van der Waals surface area contributed by atoms with Crippen LogP contribution < -0.4 is 5.32 Å². The second-order valence-corrected chi connectivity index (χ2v) is 4.91. The smallest absolute Gasteiger partial charge is 0.337 e. The zero-order chi connectivity index (χ0) is 15.6. The maximum absolute atomic E-state index is 12.2. The summed E-state index contributed by atoms with van der Waals surface area (Å²) in [6.45, 7) is 5.46. The number of aromatic nitrogens is 1. The van der Waals surface area contributed by atoms with Crippen LogP contribution in [0, 0.1) is 20.8 Å². The van der Waals surface area contributed by atoms with Crippen LogP contribution in [0.3, 0.4) is 0 Å². The number of benzene rings is 1. The topological polar surface area (TPSA) is 79.3 Å². The van der Waals surface area contributed by atoms with E-state index < -0.39 is 5.97 Å². The predicted molar refractivity (Wildman–Crippen MR) is 79.8 cm³/mol. The van der Waals surface area contributed by atoms with Crippen LogP contribution in [0.5, 0.6) is 0 Å². The van der Waals surface area contributed by atoms with Gasteiger partial charge in [0, 0.05) is 5.69 Å². The molecule has 2 N–H and O–H groups in total. The summed E-state index contributed by atoms with van der Waals surface area (Å²) in [4.78, 5) is 27.1. The second-order valence-electron chi connectivity index (χ2n) is 4.91. The van der Waals surface area contributed by atoms with E-state index in [-0.39, 0.29) is 17.2 Å². The molecule has 5 heteroatoms. The molecule has 5 nitrogen and oxygen atoms in total. The van der Waals surface area contributed by atoms with Crippen molar-refractivity contribution in [2.75, 3.05) is 5.32 Å². The minimum atomic E-state index is -1.05. The van der Waals surface area contributed by atoms with E-state index in [1.165, 1.54) is 12.1 Å². The summed E-state index contributed by atoms with van der Waals surface area (Å²) < 4.78 is 0. The number of hydrogen-bond donors (Lipinski definition) is 2. The van der Waals surface area contributed by atoms with Crippen LogP contribution in [0.15, 0.2) is 30.3 Å². The van der Waals surface area contributed by atoms with E-state index >= 15 is 0 Å². The molecule has 21 heavy (non-hydrogen) atoms. The molecule has 0 aliphatic heterocycles. The number of nitrogens with one attached hydrogen (secondary N) is 1. The monoisotopic (exact) mass is 284 g/mol. The highest BCUT2D eigenvalue weighted by Gasteiger charge is 2.13. The summed E-state index contributed by atoms with van der Waals surface area (Å²) in [5, 5.41) is 11.7. The van der Waals surface area contributed by atoms with Gasteiger partial charge < -0.3 is 10.4 Å². The zero-order valence-electron chi connectivity index (χ0n) is 12.1. The highest BCUT2D eigenvalue weighted by atomic mass is 16.4. The Morgan fingerprint density at radius 2 is 1.81 bits per heavy atom. The van der Waals surface area contributed by atoms with E-state index in [1.807, 2.05) is 32.0 Å². The maximum atomic E-state index is 12.2. The average Bonchev–Trinajstić information content (AvgIpc) is 2.41. The molecule has 0 spiro atoms. The third-order valence-corrected chi connectivity index (χ3v) is 3.18. The molecule has 108 valence electrons. The molecule has 0 aliphatic rings. The van der Waals surface area contributed by atoms with E-state index in [1.54, 1.807) is 6.92 Å². The molecule has 1 amide bonds. The maximum Gasteiger partial charge on any atom is 0.337 e. The van der Waals surface area contributed by atoms with E-state index in [2.05, 4.69) is 10.3 Å². The van der Waals surface area contributed by atoms with E-state index in [9.17, 15) is 9.59 Å². The van der Waals surface area contributed by atoms with Gasteiger partial charge in [-0.1, -0.05) is 17.7 Å². The Morgan fingerprint density at radius 3 is 2.38 bits per heavy atom. The van der Waals surface area contributed by atoms with Gasteiger partial charge in [0.2, 0.25) is 0 Å². The fourth-order valence-corrected chi connectivity index (χ4v) is 2.05. The first kappa shape index (κ1) is 14.7. The highest BCUT2D eigenvalue weighted by molar-refractivity contribution is 6.03. The van der Waals surface area contributed by atoms with Crippen LogP contribution in [0.2, 0.25) is 0 Å². The predicted octanol–water partition coefficient (Wildman–Crippen LogP) is 2.96.